The van der Waals surface area contributed by atoms with Crippen molar-refractivity contribution >= 4 is 17.4 Å². The van der Waals surface area contributed by atoms with Crippen LogP contribution < -0.4 is 4.90 Å². The maximum Gasteiger partial charge on any atom is 0.235 e. The van der Waals surface area contributed by atoms with Crippen LogP contribution in [-0.4, -0.2) is 48.4 Å². The summed E-state index contributed by atoms with van der Waals surface area (Å²) in [5, 5.41) is 0. The van der Waals surface area contributed by atoms with E-state index in [-0.39, 0.29) is 30.8 Å². The molecule has 0 aromatic heterocycles. The summed E-state index contributed by atoms with van der Waals surface area (Å²) in [4.78, 5) is 31.2. The predicted octanol–water partition coefficient (Wildman–Crippen LogP) is 5.97. The standard InChI is InChI=1S/C32H42N2O3/c1-23(2)25-12-14-26(15-13-25)33-18-16-27(17-19-33)34-31-11-7-6-10-29(31)30(32(34)36)20-28(35)22-37-21-24-8-4-3-5-9-24/h3-11,23,25-27,30H,12-22H2,1-2H3. The number of para-hydroxylation sites is 1. The molecule has 2 aliphatic heterocycles. The van der Waals surface area contributed by atoms with Crippen LogP contribution in [0.3, 0.4) is 0 Å². The Labute approximate surface area is 222 Å². The van der Waals surface area contributed by atoms with Gasteiger partial charge in [0.15, 0.2) is 5.78 Å². The number of benzene rings is 2. The molecule has 2 aromatic carbocycles. The van der Waals surface area contributed by atoms with Gasteiger partial charge in [0.1, 0.15) is 6.61 Å². The van der Waals surface area contributed by atoms with Crippen molar-refractivity contribution in [3.8, 4) is 0 Å². The number of Topliss-reactive ketones (excluding diaryl/α,β-unsaturated/α-hetero) is 1. The molecule has 0 bridgehead atoms. The van der Waals surface area contributed by atoms with Crippen LogP contribution >= 0.6 is 0 Å². The monoisotopic (exact) mass is 502 g/mol. The Morgan fingerprint density at radius 2 is 1.57 bits per heavy atom. The summed E-state index contributed by atoms with van der Waals surface area (Å²) in [5.74, 6) is 1.36. The second kappa shape index (κ2) is 11.9. The molecule has 0 radical (unpaired) electrons. The fraction of sp³-hybridized carbons (Fsp3) is 0.562. The zero-order valence-electron chi connectivity index (χ0n) is 22.5. The predicted molar refractivity (Wildman–Crippen MR) is 148 cm³/mol. The molecule has 2 heterocycles. The van der Waals surface area contributed by atoms with E-state index >= 15 is 0 Å². The molecule has 1 amide bonds. The van der Waals surface area contributed by atoms with Gasteiger partial charge in [-0.2, -0.15) is 0 Å². The number of piperidine rings is 1. The number of fused-ring (bicyclic) bond motifs is 1. The van der Waals surface area contributed by atoms with Crippen molar-refractivity contribution in [1.82, 2.24) is 4.90 Å². The van der Waals surface area contributed by atoms with Crippen LogP contribution in [-0.2, 0) is 20.9 Å². The summed E-state index contributed by atoms with van der Waals surface area (Å²) in [7, 11) is 0. The van der Waals surface area contributed by atoms with Crippen LogP contribution in [0, 0.1) is 11.8 Å². The minimum Gasteiger partial charge on any atom is -0.369 e. The molecule has 5 nitrogen and oxygen atoms in total. The Morgan fingerprint density at radius 3 is 2.27 bits per heavy atom. The average molecular weight is 503 g/mol. The van der Waals surface area contributed by atoms with Gasteiger partial charge in [-0.25, -0.2) is 0 Å². The van der Waals surface area contributed by atoms with Gasteiger partial charge in [-0.1, -0.05) is 62.4 Å². The third-order valence-corrected chi connectivity index (χ3v) is 8.98. The highest BCUT2D eigenvalue weighted by Gasteiger charge is 2.42. The first kappa shape index (κ1) is 26.1. The second-order valence-electron chi connectivity index (χ2n) is 11.6. The summed E-state index contributed by atoms with van der Waals surface area (Å²) in [6.07, 6.45) is 7.55. The third kappa shape index (κ3) is 5.99. The van der Waals surface area contributed by atoms with E-state index in [9.17, 15) is 9.59 Å². The van der Waals surface area contributed by atoms with E-state index in [1.807, 2.05) is 53.4 Å². The number of likely N-dealkylation sites (tertiary alicyclic amines) is 1. The van der Waals surface area contributed by atoms with Gasteiger partial charge in [-0.15, -0.1) is 0 Å². The summed E-state index contributed by atoms with van der Waals surface area (Å²) < 4.78 is 5.67. The lowest BCUT2D eigenvalue weighted by atomic mass is 9.79. The van der Waals surface area contributed by atoms with Gasteiger partial charge >= 0.3 is 0 Å². The van der Waals surface area contributed by atoms with E-state index in [4.69, 9.17) is 4.74 Å². The van der Waals surface area contributed by atoms with E-state index in [1.165, 1.54) is 25.7 Å². The highest BCUT2D eigenvalue weighted by molar-refractivity contribution is 6.07. The maximum absolute atomic E-state index is 13.7. The third-order valence-electron chi connectivity index (χ3n) is 8.98. The smallest absolute Gasteiger partial charge is 0.235 e. The molecule has 1 unspecified atom stereocenters. The minimum absolute atomic E-state index is 0.0160. The normalized spacial score (nSPS) is 25.0. The van der Waals surface area contributed by atoms with Crippen molar-refractivity contribution in [1.29, 1.82) is 0 Å². The first-order chi connectivity index (χ1) is 18.0. The molecule has 3 aliphatic rings. The van der Waals surface area contributed by atoms with Gasteiger partial charge in [0.25, 0.3) is 0 Å². The van der Waals surface area contributed by atoms with Crippen molar-refractivity contribution in [2.75, 3.05) is 24.6 Å². The number of rotatable bonds is 9. The quantitative estimate of drug-likeness (QED) is 0.424. The summed E-state index contributed by atoms with van der Waals surface area (Å²) >= 11 is 0. The van der Waals surface area contributed by atoms with Gasteiger partial charge < -0.3 is 14.5 Å². The number of hydrogen-bond acceptors (Lipinski definition) is 4. The van der Waals surface area contributed by atoms with Gasteiger partial charge in [0.05, 0.1) is 12.5 Å². The number of nitrogens with zero attached hydrogens (tertiary/aromatic N) is 2. The highest BCUT2D eigenvalue weighted by atomic mass is 16.5. The molecule has 198 valence electrons. The zero-order chi connectivity index (χ0) is 25.8. The average Bonchev–Trinajstić information content (AvgIpc) is 3.20. The number of ketones is 1. The molecular weight excluding hydrogens is 460 g/mol. The lowest BCUT2D eigenvalue weighted by Gasteiger charge is -2.43. The molecule has 5 heteroatoms. The topological polar surface area (TPSA) is 49.9 Å². The summed E-state index contributed by atoms with van der Waals surface area (Å²) in [6.45, 7) is 7.29. The summed E-state index contributed by atoms with van der Waals surface area (Å²) in [6, 6.07) is 18.9. The summed E-state index contributed by atoms with van der Waals surface area (Å²) in [5.41, 5.74) is 3.05. The molecule has 37 heavy (non-hydrogen) atoms. The van der Waals surface area contributed by atoms with Crippen LogP contribution in [0.25, 0.3) is 0 Å². The Hall–Kier alpha value is -2.50. The number of anilines is 1. The zero-order valence-corrected chi connectivity index (χ0v) is 22.5. The first-order valence-corrected chi connectivity index (χ1v) is 14.3. The molecule has 1 saturated heterocycles. The number of carbonyl (C=O) groups is 2. The Kier molecular flexibility index (Phi) is 8.41. The fourth-order valence-electron chi connectivity index (χ4n) is 6.78. The molecular formula is C32H42N2O3. The van der Waals surface area contributed by atoms with E-state index in [0.717, 1.165) is 54.6 Å². The highest BCUT2D eigenvalue weighted by Crippen LogP contribution is 2.42. The SMILES string of the molecule is CC(C)C1CCC(N2CCC(N3C(=O)C(CC(=O)COCc4ccccc4)c4ccccc43)CC2)CC1. The van der Waals surface area contributed by atoms with Crippen molar-refractivity contribution in [2.45, 2.75) is 83.4 Å². The number of amides is 1. The lowest BCUT2D eigenvalue weighted by molar-refractivity contribution is -0.128. The van der Waals surface area contributed by atoms with Gasteiger partial charge in [0, 0.05) is 37.3 Å². The molecule has 0 spiro atoms. The molecule has 0 N–H and O–H groups in total. The number of carbonyl (C=O) groups excluding carboxylic acids is 2. The molecule has 1 atom stereocenters. The van der Waals surface area contributed by atoms with Crippen molar-refractivity contribution < 1.29 is 14.3 Å². The van der Waals surface area contributed by atoms with Gasteiger partial charge in [-0.3, -0.25) is 9.59 Å². The Morgan fingerprint density at radius 1 is 0.892 bits per heavy atom. The number of ether oxygens (including phenoxy) is 1. The largest absolute Gasteiger partial charge is 0.369 e. The van der Waals surface area contributed by atoms with Gasteiger partial charge in [-0.05, 0) is 67.6 Å². The second-order valence-corrected chi connectivity index (χ2v) is 11.6. The molecule has 2 aromatic rings. The van der Waals surface area contributed by atoms with Crippen LogP contribution in [0.4, 0.5) is 5.69 Å². The van der Waals surface area contributed by atoms with E-state index in [2.05, 4.69) is 24.8 Å². The number of hydrogen-bond donors (Lipinski definition) is 0. The molecule has 2 fully saturated rings. The first-order valence-electron chi connectivity index (χ1n) is 14.3. The molecule has 5 rings (SSSR count). The molecule has 1 saturated carbocycles. The van der Waals surface area contributed by atoms with Crippen LogP contribution in [0.1, 0.15) is 75.8 Å². The van der Waals surface area contributed by atoms with E-state index in [1.54, 1.807) is 0 Å². The Balaban J connectivity index is 1.16. The lowest BCUT2D eigenvalue weighted by Crippen LogP contribution is -2.50. The van der Waals surface area contributed by atoms with Crippen molar-refractivity contribution in [3.63, 3.8) is 0 Å². The van der Waals surface area contributed by atoms with Crippen LogP contribution in [0.5, 0.6) is 0 Å². The maximum atomic E-state index is 13.7. The molecule has 1 aliphatic carbocycles. The van der Waals surface area contributed by atoms with Crippen LogP contribution in [0.15, 0.2) is 54.6 Å². The van der Waals surface area contributed by atoms with Crippen molar-refractivity contribution in [2.24, 2.45) is 11.8 Å². The fourth-order valence-corrected chi connectivity index (χ4v) is 6.78. The Bertz CT molecular complexity index is 1050. The van der Waals surface area contributed by atoms with E-state index < -0.39 is 5.92 Å². The van der Waals surface area contributed by atoms with E-state index in [0.29, 0.717) is 12.6 Å². The van der Waals surface area contributed by atoms with Gasteiger partial charge in [0.2, 0.25) is 5.91 Å². The van der Waals surface area contributed by atoms with Crippen LogP contribution in [0.2, 0.25) is 0 Å². The minimum atomic E-state index is -0.395. The van der Waals surface area contributed by atoms with Crippen molar-refractivity contribution in [3.05, 3.63) is 65.7 Å².